The second-order valence-corrected chi connectivity index (χ2v) is 6.03. The standard InChI is InChI=1S/C13H9IN2S/c14-9-3-1-2-8(6-9)13-16-11-5-4-10(15)7-12(11)17-13/h1-7H,15H2. The number of hydrogen-bond acceptors (Lipinski definition) is 3. The maximum Gasteiger partial charge on any atom is 0.124 e. The zero-order valence-electron chi connectivity index (χ0n) is 8.85. The van der Waals surface area contributed by atoms with Crippen LogP contribution in [-0.4, -0.2) is 4.98 Å². The Balaban J connectivity index is 2.18. The lowest BCUT2D eigenvalue weighted by Gasteiger charge is -1.95. The minimum Gasteiger partial charge on any atom is -0.399 e. The maximum absolute atomic E-state index is 5.77. The molecule has 0 saturated heterocycles. The molecule has 0 radical (unpaired) electrons. The molecule has 1 heterocycles. The maximum atomic E-state index is 5.77. The summed E-state index contributed by atoms with van der Waals surface area (Å²) < 4.78 is 2.36. The number of aromatic nitrogens is 1. The van der Waals surface area contributed by atoms with Crippen LogP contribution in [0.4, 0.5) is 5.69 Å². The van der Waals surface area contributed by atoms with Crippen molar-refractivity contribution < 1.29 is 0 Å². The first-order valence-electron chi connectivity index (χ1n) is 5.14. The third kappa shape index (κ3) is 2.14. The first kappa shape index (κ1) is 11.0. The van der Waals surface area contributed by atoms with Crippen LogP contribution in [0.2, 0.25) is 0 Å². The summed E-state index contributed by atoms with van der Waals surface area (Å²) in [5.74, 6) is 0. The number of anilines is 1. The minimum absolute atomic E-state index is 0.787. The summed E-state index contributed by atoms with van der Waals surface area (Å²) in [5.41, 5.74) is 8.74. The van der Waals surface area contributed by atoms with Gasteiger partial charge in [-0.25, -0.2) is 4.98 Å². The monoisotopic (exact) mass is 352 g/mol. The van der Waals surface area contributed by atoms with Gasteiger partial charge < -0.3 is 5.73 Å². The van der Waals surface area contributed by atoms with Crippen molar-refractivity contribution in [3.05, 3.63) is 46.0 Å². The van der Waals surface area contributed by atoms with Gasteiger partial charge in [0, 0.05) is 14.8 Å². The van der Waals surface area contributed by atoms with Gasteiger partial charge in [0.05, 0.1) is 10.2 Å². The summed E-state index contributed by atoms with van der Waals surface area (Å²) in [5, 5.41) is 1.05. The highest BCUT2D eigenvalue weighted by Gasteiger charge is 2.06. The molecule has 0 aliphatic heterocycles. The van der Waals surface area contributed by atoms with Crippen molar-refractivity contribution in [2.24, 2.45) is 0 Å². The van der Waals surface area contributed by atoms with E-state index in [1.54, 1.807) is 11.3 Å². The molecule has 2 N–H and O–H groups in total. The smallest absolute Gasteiger partial charge is 0.124 e. The van der Waals surface area contributed by atoms with E-state index in [0.29, 0.717) is 0 Å². The molecule has 17 heavy (non-hydrogen) atoms. The van der Waals surface area contributed by atoms with Crippen LogP contribution in [0.1, 0.15) is 0 Å². The summed E-state index contributed by atoms with van der Waals surface area (Å²) in [6.07, 6.45) is 0. The highest BCUT2D eigenvalue weighted by molar-refractivity contribution is 14.1. The number of nitrogens with zero attached hydrogens (tertiary/aromatic N) is 1. The third-order valence-electron chi connectivity index (χ3n) is 2.48. The van der Waals surface area contributed by atoms with E-state index in [2.05, 4.69) is 51.8 Å². The Morgan fingerprint density at radius 3 is 2.82 bits per heavy atom. The third-order valence-corrected chi connectivity index (χ3v) is 4.22. The number of hydrogen-bond donors (Lipinski definition) is 1. The van der Waals surface area contributed by atoms with E-state index in [1.165, 1.54) is 3.57 Å². The summed E-state index contributed by atoms with van der Waals surface area (Å²) in [6, 6.07) is 14.2. The van der Waals surface area contributed by atoms with Crippen LogP contribution in [0.5, 0.6) is 0 Å². The average molecular weight is 352 g/mol. The molecule has 3 aromatic rings. The van der Waals surface area contributed by atoms with Crippen molar-refractivity contribution in [3.63, 3.8) is 0 Å². The number of nitrogen functional groups attached to an aromatic ring is 1. The predicted octanol–water partition coefficient (Wildman–Crippen LogP) is 4.15. The van der Waals surface area contributed by atoms with Crippen LogP contribution < -0.4 is 5.73 Å². The van der Waals surface area contributed by atoms with Crippen LogP contribution in [0.15, 0.2) is 42.5 Å². The van der Waals surface area contributed by atoms with Crippen LogP contribution in [0.3, 0.4) is 0 Å². The van der Waals surface area contributed by atoms with E-state index < -0.39 is 0 Å². The van der Waals surface area contributed by atoms with Crippen molar-refractivity contribution in [1.82, 2.24) is 4.98 Å². The number of thiazole rings is 1. The normalized spacial score (nSPS) is 10.9. The SMILES string of the molecule is Nc1ccc2nc(-c3cccc(I)c3)sc2c1. The zero-order chi connectivity index (χ0) is 11.8. The van der Waals surface area contributed by atoms with E-state index in [-0.39, 0.29) is 0 Å². The molecular weight excluding hydrogens is 343 g/mol. The summed E-state index contributed by atoms with van der Waals surface area (Å²) in [6.45, 7) is 0. The molecule has 3 rings (SSSR count). The Labute approximate surface area is 117 Å². The molecule has 0 aliphatic rings. The number of fused-ring (bicyclic) bond motifs is 1. The fraction of sp³-hybridized carbons (Fsp3) is 0. The van der Waals surface area contributed by atoms with E-state index in [1.807, 2.05) is 18.2 Å². The highest BCUT2D eigenvalue weighted by Crippen LogP contribution is 2.31. The largest absolute Gasteiger partial charge is 0.399 e. The molecule has 0 saturated carbocycles. The van der Waals surface area contributed by atoms with Crippen molar-refractivity contribution in [2.45, 2.75) is 0 Å². The van der Waals surface area contributed by atoms with Gasteiger partial charge in [-0.3, -0.25) is 0 Å². The topological polar surface area (TPSA) is 38.9 Å². The Kier molecular flexibility index (Phi) is 2.76. The molecule has 2 nitrogen and oxygen atoms in total. The molecule has 0 spiro atoms. The van der Waals surface area contributed by atoms with E-state index in [9.17, 15) is 0 Å². The van der Waals surface area contributed by atoms with Crippen molar-refractivity contribution in [2.75, 3.05) is 5.73 Å². The second kappa shape index (κ2) is 4.27. The molecule has 0 atom stereocenters. The summed E-state index contributed by atoms with van der Waals surface area (Å²) in [7, 11) is 0. The fourth-order valence-corrected chi connectivity index (χ4v) is 3.24. The second-order valence-electron chi connectivity index (χ2n) is 3.76. The Morgan fingerprint density at radius 2 is 2.00 bits per heavy atom. The lowest BCUT2D eigenvalue weighted by Crippen LogP contribution is -1.81. The van der Waals surface area contributed by atoms with Crippen molar-refractivity contribution in [3.8, 4) is 10.6 Å². The number of rotatable bonds is 1. The lowest BCUT2D eigenvalue weighted by molar-refractivity contribution is 1.47. The molecule has 0 amide bonds. The molecule has 0 aliphatic carbocycles. The zero-order valence-corrected chi connectivity index (χ0v) is 11.8. The van der Waals surface area contributed by atoms with Gasteiger partial charge in [0.1, 0.15) is 5.01 Å². The first-order valence-corrected chi connectivity index (χ1v) is 7.04. The van der Waals surface area contributed by atoms with Gasteiger partial charge in [-0.2, -0.15) is 0 Å². The van der Waals surface area contributed by atoms with Gasteiger partial charge in [0.25, 0.3) is 0 Å². The van der Waals surface area contributed by atoms with E-state index in [0.717, 1.165) is 26.5 Å². The first-order chi connectivity index (χ1) is 8.22. The van der Waals surface area contributed by atoms with Crippen LogP contribution in [-0.2, 0) is 0 Å². The molecule has 0 fully saturated rings. The molecule has 84 valence electrons. The number of nitrogens with two attached hydrogens (primary N) is 1. The van der Waals surface area contributed by atoms with Gasteiger partial charge in [-0.15, -0.1) is 11.3 Å². The van der Waals surface area contributed by atoms with Gasteiger partial charge in [-0.1, -0.05) is 12.1 Å². The lowest BCUT2D eigenvalue weighted by atomic mass is 10.2. The number of halogens is 1. The predicted molar refractivity (Wildman–Crippen MR) is 82.2 cm³/mol. The Morgan fingerprint density at radius 1 is 1.12 bits per heavy atom. The molecular formula is C13H9IN2S. The van der Waals surface area contributed by atoms with Crippen LogP contribution in [0, 0.1) is 3.57 Å². The van der Waals surface area contributed by atoms with Crippen LogP contribution in [0.25, 0.3) is 20.8 Å². The molecule has 0 bridgehead atoms. The number of benzene rings is 2. The molecule has 2 aromatic carbocycles. The van der Waals surface area contributed by atoms with Crippen molar-refractivity contribution >= 4 is 49.8 Å². The van der Waals surface area contributed by atoms with Gasteiger partial charge in [-0.05, 0) is 52.9 Å². The highest BCUT2D eigenvalue weighted by atomic mass is 127. The Hall–Kier alpha value is -1.14. The van der Waals surface area contributed by atoms with Gasteiger partial charge in [0.15, 0.2) is 0 Å². The molecule has 0 unspecified atom stereocenters. The summed E-state index contributed by atoms with van der Waals surface area (Å²) >= 11 is 3.99. The van der Waals surface area contributed by atoms with E-state index >= 15 is 0 Å². The molecule has 4 heteroatoms. The Bertz CT molecular complexity index is 691. The van der Waals surface area contributed by atoms with E-state index in [4.69, 9.17) is 5.73 Å². The van der Waals surface area contributed by atoms with Crippen molar-refractivity contribution in [1.29, 1.82) is 0 Å². The quantitative estimate of drug-likeness (QED) is 0.528. The summed E-state index contributed by atoms with van der Waals surface area (Å²) in [4.78, 5) is 4.62. The van der Waals surface area contributed by atoms with Crippen LogP contribution >= 0.6 is 33.9 Å². The van der Waals surface area contributed by atoms with Gasteiger partial charge in [0.2, 0.25) is 0 Å². The minimum atomic E-state index is 0.787. The van der Waals surface area contributed by atoms with Gasteiger partial charge >= 0.3 is 0 Å². The molecule has 1 aromatic heterocycles. The average Bonchev–Trinajstić information content (AvgIpc) is 2.72. The fourth-order valence-electron chi connectivity index (χ4n) is 1.69.